The van der Waals surface area contributed by atoms with Gasteiger partial charge in [-0.2, -0.15) is 0 Å². The molecule has 1 aromatic carbocycles. The largest absolute Gasteiger partial charge is 0.477 e. The second-order valence-corrected chi connectivity index (χ2v) is 4.28. The fraction of sp³-hybridized carbons (Fsp3) is 0.0714. The summed E-state index contributed by atoms with van der Waals surface area (Å²) in [6, 6.07) is 6.17. The van der Waals surface area contributed by atoms with Gasteiger partial charge < -0.3 is 15.7 Å². The van der Waals surface area contributed by atoms with Crippen LogP contribution in [0.2, 0.25) is 0 Å². The zero-order valence-electron chi connectivity index (χ0n) is 11.1. The standard InChI is InChI=1S/C14H12FN3O3/c1-8-6-9(15)2-4-11(8)18-14(21)17-10-3-5-12(13(19)20)16-7-10/h2-7H,1H3,(H,19,20)(H2,17,18,21). The van der Waals surface area contributed by atoms with Crippen LogP contribution in [0.1, 0.15) is 16.1 Å². The van der Waals surface area contributed by atoms with Gasteiger partial charge in [0.15, 0.2) is 0 Å². The Morgan fingerprint density at radius 1 is 1.19 bits per heavy atom. The number of pyridine rings is 1. The van der Waals surface area contributed by atoms with Crippen LogP contribution in [-0.4, -0.2) is 22.1 Å². The number of carbonyl (C=O) groups excluding carboxylic acids is 1. The lowest BCUT2D eigenvalue weighted by molar-refractivity contribution is 0.0690. The van der Waals surface area contributed by atoms with Gasteiger partial charge in [-0.3, -0.25) is 0 Å². The highest BCUT2D eigenvalue weighted by molar-refractivity contribution is 6.00. The van der Waals surface area contributed by atoms with Crippen molar-refractivity contribution in [1.29, 1.82) is 0 Å². The molecule has 0 bridgehead atoms. The molecule has 0 saturated carbocycles. The van der Waals surface area contributed by atoms with Crippen LogP contribution in [0.25, 0.3) is 0 Å². The van der Waals surface area contributed by atoms with E-state index in [9.17, 15) is 14.0 Å². The molecule has 2 amide bonds. The maximum atomic E-state index is 13.0. The molecule has 3 N–H and O–H groups in total. The van der Waals surface area contributed by atoms with Crippen LogP contribution in [0.15, 0.2) is 36.5 Å². The number of carbonyl (C=O) groups is 2. The number of halogens is 1. The molecule has 0 aliphatic heterocycles. The highest BCUT2D eigenvalue weighted by Crippen LogP contribution is 2.16. The molecule has 0 aliphatic carbocycles. The van der Waals surface area contributed by atoms with Crippen LogP contribution in [-0.2, 0) is 0 Å². The molecule has 1 heterocycles. The second kappa shape index (κ2) is 6.00. The minimum absolute atomic E-state index is 0.115. The van der Waals surface area contributed by atoms with Gasteiger partial charge in [-0.25, -0.2) is 19.0 Å². The lowest BCUT2D eigenvalue weighted by Crippen LogP contribution is -2.20. The predicted octanol–water partition coefficient (Wildman–Crippen LogP) is 2.87. The van der Waals surface area contributed by atoms with Gasteiger partial charge in [0.25, 0.3) is 0 Å². The Balaban J connectivity index is 2.02. The number of nitrogens with zero attached hydrogens (tertiary/aromatic N) is 1. The van der Waals surface area contributed by atoms with Gasteiger partial charge in [-0.15, -0.1) is 0 Å². The van der Waals surface area contributed by atoms with Gasteiger partial charge in [-0.05, 0) is 42.8 Å². The number of amides is 2. The normalized spacial score (nSPS) is 10.0. The first-order valence-electron chi connectivity index (χ1n) is 5.99. The van der Waals surface area contributed by atoms with Gasteiger partial charge >= 0.3 is 12.0 Å². The molecule has 0 saturated heterocycles. The summed E-state index contributed by atoms with van der Waals surface area (Å²) < 4.78 is 13.0. The smallest absolute Gasteiger partial charge is 0.354 e. The molecule has 0 unspecified atom stereocenters. The number of aryl methyl sites for hydroxylation is 1. The molecule has 0 atom stereocenters. The minimum Gasteiger partial charge on any atom is -0.477 e. The maximum Gasteiger partial charge on any atom is 0.354 e. The number of anilines is 2. The second-order valence-electron chi connectivity index (χ2n) is 4.28. The monoisotopic (exact) mass is 289 g/mol. The van der Waals surface area contributed by atoms with Gasteiger partial charge in [-0.1, -0.05) is 0 Å². The number of hydrogen-bond acceptors (Lipinski definition) is 3. The van der Waals surface area contributed by atoms with E-state index in [-0.39, 0.29) is 11.5 Å². The molecule has 2 rings (SSSR count). The van der Waals surface area contributed by atoms with E-state index in [0.29, 0.717) is 16.9 Å². The average molecular weight is 289 g/mol. The number of carboxylic acids is 1. The van der Waals surface area contributed by atoms with Crippen molar-refractivity contribution in [3.63, 3.8) is 0 Å². The van der Waals surface area contributed by atoms with E-state index in [1.807, 2.05) is 0 Å². The minimum atomic E-state index is -1.15. The number of urea groups is 1. The Morgan fingerprint density at radius 2 is 1.95 bits per heavy atom. The Labute approximate surface area is 119 Å². The van der Waals surface area contributed by atoms with Crippen molar-refractivity contribution in [2.75, 3.05) is 10.6 Å². The molecule has 0 spiro atoms. The summed E-state index contributed by atoms with van der Waals surface area (Å²) in [5, 5.41) is 13.8. The van der Waals surface area contributed by atoms with Crippen molar-refractivity contribution in [2.45, 2.75) is 6.92 Å². The summed E-state index contributed by atoms with van der Waals surface area (Å²) >= 11 is 0. The molecule has 108 valence electrons. The quantitative estimate of drug-likeness (QED) is 0.810. The summed E-state index contributed by atoms with van der Waals surface area (Å²) in [4.78, 5) is 26.1. The van der Waals surface area contributed by atoms with Gasteiger partial charge in [0, 0.05) is 5.69 Å². The number of aromatic carboxylic acids is 1. The van der Waals surface area contributed by atoms with Crippen LogP contribution < -0.4 is 10.6 Å². The number of aromatic nitrogens is 1. The van der Waals surface area contributed by atoms with E-state index in [1.165, 1.54) is 36.5 Å². The van der Waals surface area contributed by atoms with Crippen molar-refractivity contribution >= 4 is 23.4 Å². The van der Waals surface area contributed by atoms with E-state index in [1.54, 1.807) is 6.92 Å². The molecular formula is C14H12FN3O3. The van der Waals surface area contributed by atoms with E-state index in [4.69, 9.17) is 5.11 Å². The predicted molar refractivity (Wildman–Crippen MR) is 75.0 cm³/mol. The third-order valence-electron chi connectivity index (χ3n) is 2.68. The molecule has 0 fully saturated rings. The number of hydrogen-bond donors (Lipinski definition) is 3. The lowest BCUT2D eigenvalue weighted by atomic mass is 10.2. The SMILES string of the molecule is Cc1cc(F)ccc1NC(=O)Nc1ccc(C(=O)O)nc1. The van der Waals surface area contributed by atoms with Gasteiger partial charge in [0.1, 0.15) is 11.5 Å². The molecular weight excluding hydrogens is 277 g/mol. The third-order valence-corrected chi connectivity index (χ3v) is 2.68. The molecule has 21 heavy (non-hydrogen) atoms. The van der Waals surface area contributed by atoms with E-state index in [0.717, 1.165) is 0 Å². The van der Waals surface area contributed by atoms with Crippen molar-refractivity contribution < 1.29 is 19.1 Å². The van der Waals surface area contributed by atoms with Crippen LogP contribution in [0, 0.1) is 12.7 Å². The van der Waals surface area contributed by atoms with Crippen molar-refractivity contribution in [3.8, 4) is 0 Å². The number of benzene rings is 1. The topological polar surface area (TPSA) is 91.3 Å². The number of rotatable bonds is 3. The average Bonchev–Trinajstić information content (AvgIpc) is 2.42. The maximum absolute atomic E-state index is 13.0. The fourth-order valence-corrected chi connectivity index (χ4v) is 1.65. The van der Waals surface area contributed by atoms with Crippen molar-refractivity contribution in [1.82, 2.24) is 4.98 Å². The van der Waals surface area contributed by atoms with Gasteiger partial charge in [0.05, 0.1) is 11.9 Å². The molecule has 7 heteroatoms. The molecule has 2 aromatic rings. The number of carboxylic acid groups (broad SMARTS) is 1. The van der Waals surface area contributed by atoms with Crippen LogP contribution >= 0.6 is 0 Å². The first kappa shape index (κ1) is 14.4. The van der Waals surface area contributed by atoms with Crippen molar-refractivity contribution in [3.05, 3.63) is 53.6 Å². The van der Waals surface area contributed by atoms with Crippen LogP contribution in [0.5, 0.6) is 0 Å². The molecule has 1 aromatic heterocycles. The summed E-state index contributed by atoms with van der Waals surface area (Å²) in [5.41, 5.74) is 1.29. The Kier molecular flexibility index (Phi) is 4.13. The van der Waals surface area contributed by atoms with E-state index < -0.39 is 12.0 Å². The molecule has 0 radical (unpaired) electrons. The zero-order valence-corrected chi connectivity index (χ0v) is 11.1. The zero-order chi connectivity index (χ0) is 15.4. The first-order chi connectivity index (χ1) is 9.95. The fourth-order valence-electron chi connectivity index (χ4n) is 1.65. The summed E-state index contributed by atoms with van der Waals surface area (Å²) in [5.74, 6) is -1.53. The number of nitrogens with one attached hydrogen (secondary N) is 2. The molecule has 6 nitrogen and oxygen atoms in total. The lowest BCUT2D eigenvalue weighted by Gasteiger charge is -2.09. The van der Waals surface area contributed by atoms with E-state index >= 15 is 0 Å². The Hall–Kier alpha value is -2.96. The summed E-state index contributed by atoms with van der Waals surface area (Å²) in [6.45, 7) is 1.67. The highest BCUT2D eigenvalue weighted by Gasteiger charge is 2.07. The van der Waals surface area contributed by atoms with Crippen molar-refractivity contribution in [2.24, 2.45) is 0 Å². The Morgan fingerprint density at radius 3 is 2.52 bits per heavy atom. The van der Waals surface area contributed by atoms with Crippen LogP contribution in [0.3, 0.4) is 0 Å². The van der Waals surface area contributed by atoms with Crippen LogP contribution in [0.4, 0.5) is 20.6 Å². The van der Waals surface area contributed by atoms with Gasteiger partial charge in [0.2, 0.25) is 0 Å². The first-order valence-corrected chi connectivity index (χ1v) is 5.99. The summed E-state index contributed by atoms with van der Waals surface area (Å²) in [6.07, 6.45) is 1.24. The van der Waals surface area contributed by atoms with E-state index in [2.05, 4.69) is 15.6 Å². The summed E-state index contributed by atoms with van der Waals surface area (Å²) in [7, 11) is 0. The molecule has 0 aliphatic rings. The highest BCUT2D eigenvalue weighted by atomic mass is 19.1. The third kappa shape index (κ3) is 3.75. The Bertz CT molecular complexity index is 686.